The first-order valence-corrected chi connectivity index (χ1v) is 8.34. The minimum atomic E-state index is -4.52. The monoisotopic (exact) mass is 389 g/mol. The van der Waals surface area contributed by atoms with E-state index >= 15 is 0 Å². The second-order valence-corrected chi connectivity index (χ2v) is 5.99. The van der Waals surface area contributed by atoms with Gasteiger partial charge in [-0.25, -0.2) is 0 Å². The van der Waals surface area contributed by atoms with E-state index in [-0.39, 0.29) is 15.7 Å². The molecule has 25 heavy (non-hydrogen) atoms. The molecule has 2 aromatic rings. The SMILES string of the molecule is CCN(CC)c1ccc(N=Nc2c(Cl)cc(C(F)(F)F)cc2Cl)cc1. The van der Waals surface area contributed by atoms with Gasteiger partial charge in [-0.05, 0) is 50.2 Å². The molecular formula is C17H16Cl2F3N3. The van der Waals surface area contributed by atoms with Crippen LogP contribution in [-0.2, 0) is 6.18 Å². The van der Waals surface area contributed by atoms with Gasteiger partial charge < -0.3 is 4.90 Å². The molecule has 0 amide bonds. The van der Waals surface area contributed by atoms with Gasteiger partial charge in [0.05, 0.1) is 21.3 Å². The second kappa shape index (κ2) is 8.06. The third-order valence-electron chi connectivity index (χ3n) is 3.59. The van der Waals surface area contributed by atoms with Gasteiger partial charge in [0, 0.05) is 18.8 Å². The molecule has 2 aromatic carbocycles. The Balaban J connectivity index is 2.25. The zero-order valence-electron chi connectivity index (χ0n) is 13.6. The molecule has 0 aromatic heterocycles. The highest BCUT2D eigenvalue weighted by Gasteiger charge is 2.32. The number of halogens is 5. The van der Waals surface area contributed by atoms with Gasteiger partial charge in [0.25, 0.3) is 0 Å². The zero-order chi connectivity index (χ0) is 18.6. The number of hydrogen-bond donors (Lipinski definition) is 0. The molecule has 0 aliphatic rings. The standard InChI is InChI=1S/C17H16Cl2F3N3/c1-3-25(4-2)13-7-5-12(6-8-13)23-24-16-14(18)9-11(10-15(16)19)17(20,21)22/h5-10H,3-4H2,1-2H3. The minimum absolute atomic E-state index is 0.00385. The van der Waals surface area contributed by atoms with Crippen molar-refractivity contribution < 1.29 is 13.2 Å². The summed E-state index contributed by atoms with van der Waals surface area (Å²) in [6.45, 7) is 5.89. The predicted octanol–water partition coefficient (Wildman–Crippen LogP) is 7.27. The Labute approximate surface area is 154 Å². The first-order chi connectivity index (χ1) is 11.8. The molecule has 0 fully saturated rings. The lowest BCUT2D eigenvalue weighted by Crippen LogP contribution is -2.21. The maximum absolute atomic E-state index is 12.7. The summed E-state index contributed by atoms with van der Waals surface area (Å²) in [6.07, 6.45) is -4.52. The zero-order valence-corrected chi connectivity index (χ0v) is 15.1. The summed E-state index contributed by atoms with van der Waals surface area (Å²) < 4.78 is 38.1. The number of hydrogen-bond acceptors (Lipinski definition) is 3. The van der Waals surface area contributed by atoms with Gasteiger partial charge in [0.1, 0.15) is 5.69 Å². The Hall–Kier alpha value is -1.79. The fraction of sp³-hybridized carbons (Fsp3) is 0.294. The second-order valence-electron chi connectivity index (χ2n) is 5.17. The summed E-state index contributed by atoms with van der Waals surface area (Å²) in [5, 5.41) is 7.48. The maximum atomic E-state index is 12.7. The number of anilines is 1. The number of rotatable bonds is 5. The summed E-state index contributed by atoms with van der Waals surface area (Å²) in [4.78, 5) is 2.17. The Kier molecular flexibility index (Phi) is 6.30. The summed E-state index contributed by atoms with van der Waals surface area (Å²) in [7, 11) is 0. The van der Waals surface area contributed by atoms with Crippen LogP contribution < -0.4 is 4.90 Å². The topological polar surface area (TPSA) is 28.0 Å². The number of nitrogens with zero attached hydrogens (tertiary/aromatic N) is 3. The van der Waals surface area contributed by atoms with E-state index in [1.807, 2.05) is 12.1 Å². The van der Waals surface area contributed by atoms with Crippen molar-refractivity contribution in [3.63, 3.8) is 0 Å². The van der Waals surface area contributed by atoms with Crippen LogP contribution in [0.15, 0.2) is 46.6 Å². The van der Waals surface area contributed by atoms with Crippen molar-refractivity contribution >= 4 is 40.3 Å². The van der Waals surface area contributed by atoms with Gasteiger partial charge >= 0.3 is 6.18 Å². The fourth-order valence-electron chi connectivity index (χ4n) is 2.25. The molecule has 0 saturated heterocycles. The van der Waals surface area contributed by atoms with Crippen molar-refractivity contribution in [1.29, 1.82) is 0 Å². The van der Waals surface area contributed by atoms with Crippen LogP contribution in [0.2, 0.25) is 10.0 Å². The van der Waals surface area contributed by atoms with E-state index in [2.05, 4.69) is 29.0 Å². The number of azo groups is 1. The normalized spacial score (nSPS) is 12.0. The van der Waals surface area contributed by atoms with Crippen molar-refractivity contribution in [2.24, 2.45) is 10.2 Å². The Morgan fingerprint density at radius 1 is 0.920 bits per heavy atom. The Morgan fingerprint density at radius 3 is 1.88 bits per heavy atom. The van der Waals surface area contributed by atoms with Crippen molar-refractivity contribution in [3.05, 3.63) is 52.0 Å². The first-order valence-electron chi connectivity index (χ1n) is 7.59. The molecule has 2 rings (SSSR count). The molecule has 0 atom stereocenters. The number of benzene rings is 2. The maximum Gasteiger partial charge on any atom is 0.416 e. The third kappa shape index (κ3) is 4.86. The summed E-state index contributed by atoms with van der Waals surface area (Å²) in [5.41, 5.74) is 0.673. The van der Waals surface area contributed by atoms with E-state index in [0.717, 1.165) is 30.9 Å². The molecule has 0 radical (unpaired) electrons. The molecule has 0 aliphatic carbocycles. The van der Waals surface area contributed by atoms with Gasteiger partial charge in [-0.3, -0.25) is 0 Å². The molecular weight excluding hydrogens is 374 g/mol. The molecule has 0 N–H and O–H groups in total. The molecule has 134 valence electrons. The number of alkyl halides is 3. The summed E-state index contributed by atoms with van der Waals surface area (Å²) >= 11 is 11.7. The minimum Gasteiger partial charge on any atom is -0.372 e. The molecule has 0 aliphatic heterocycles. The Bertz CT molecular complexity index is 732. The average Bonchev–Trinajstić information content (AvgIpc) is 2.55. The van der Waals surface area contributed by atoms with Gasteiger partial charge in [-0.15, -0.1) is 5.11 Å². The van der Waals surface area contributed by atoms with Crippen LogP contribution in [0.4, 0.5) is 30.2 Å². The highest BCUT2D eigenvalue weighted by molar-refractivity contribution is 6.38. The van der Waals surface area contributed by atoms with Crippen LogP contribution in [0.5, 0.6) is 0 Å². The van der Waals surface area contributed by atoms with Crippen molar-refractivity contribution in [1.82, 2.24) is 0 Å². The van der Waals surface area contributed by atoms with E-state index in [4.69, 9.17) is 23.2 Å². The lowest BCUT2D eigenvalue weighted by molar-refractivity contribution is -0.137. The van der Waals surface area contributed by atoms with Crippen LogP contribution >= 0.6 is 23.2 Å². The van der Waals surface area contributed by atoms with E-state index in [0.29, 0.717) is 5.69 Å². The van der Waals surface area contributed by atoms with Crippen molar-refractivity contribution in [3.8, 4) is 0 Å². The molecule has 8 heteroatoms. The van der Waals surface area contributed by atoms with E-state index in [9.17, 15) is 13.2 Å². The van der Waals surface area contributed by atoms with E-state index in [1.165, 1.54) is 0 Å². The van der Waals surface area contributed by atoms with E-state index in [1.54, 1.807) is 12.1 Å². The summed E-state index contributed by atoms with van der Waals surface area (Å²) in [6, 6.07) is 8.90. The fourth-order valence-corrected chi connectivity index (χ4v) is 2.81. The van der Waals surface area contributed by atoms with Crippen LogP contribution in [0.25, 0.3) is 0 Å². The predicted molar refractivity (Wildman–Crippen MR) is 95.6 cm³/mol. The van der Waals surface area contributed by atoms with Gasteiger partial charge in [0.15, 0.2) is 0 Å². The first kappa shape index (κ1) is 19.5. The van der Waals surface area contributed by atoms with Crippen LogP contribution in [0.1, 0.15) is 19.4 Å². The van der Waals surface area contributed by atoms with Crippen molar-refractivity contribution in [2.45, 2.75) is 20.0 Å². The molecule has 0 unspecified atom stereocenters. The highest BCUT2D eigenvalue weighted by atomic mass is 35.5. The average molecular weight is 390 g/mol. The van der Waals surface area contributed by atoms with Crippen molar-refractivity contribution in [2.75, 3.05) is 18.0 Å². The molecule has 0 bridgehead atoms. The lowest BCUT2D eigenvalue weighted by atomic mass is 10.2. The van der Waals surface area contributed by atoms with Gasteiger partial charge in [-0.2, -0.15) is 18.3 Å². The van der Waals surface area contributed by atoms with Crippen LogP contribution in [0.3, 0.4) is 0 Å². The largest absolute Gasteiger partial charge is 0.416 e. The van der Waals surface area contributed by atoms with Gasteiger partial charge in [0.2, 0.25) is 0 Å². The third-order valence-corrected chi connectivity index (χ3v) is 4.16. The summed E-state index contributed by atoms with van der Waals surface area (Å²) in [5.74, 6) is 0. The molecule has 0 saturated carbocycles. The molecule has 3 nitrogen and oxygen atoms in total. The quantitative estimate of drug-likeness (QED) is 0.493. The van der Waals surface area contributed by atoms with Crippen LogP contribution in [0, 0.1) is 0 Å². The van der Waals surface area contributed by atoms with E-state index < -0.39 is 11.7 Å². The molecule has 0 heterocycles. The Morgan fingerprint density at radius 2 is 1.44 bits per heavy atom. The van der Waals surface area contributed by atoms with Crippen LogP contribution in [-0.4, -0.2) is 13.1 Å². The molecule has 0 spiro atoms. The lowest BCUT2D eigenvalue weighted by Gasteiger charge is -2.20. The smallest absolute Gasteiger partial charge is 0.372 e. The highest BCUT2D eigenvalue weighted by Crippen LogP contribution is 2.40. The van der Waals surface area contributed by atoms with Gasteiger partial charge in [-0.1, -0.05) is 23.2 Å².